The third-order valence-corrected chi connectivity index (χ3v) is 3.11. The summed E-state index contributed by atoms with van der Waals surface area (Å²) in [5.74, 6) is -1.06. The Kier molecular flexibility index (Phi) is 4.58. The molecule has 2 amide bonds. The zero-order valence-electron chi connectivity index (χ0n) is 9.82. The number of aliphatic carboxylic acids is 1. The van der Waals surface area contributed by atoms with Crippen molar-refractivity contribution in [2.75, 3.05) is 0 Å². The second-order valence-electron chi connectivity index (χ2n) is 4.47. The van der Waals surface area contributed by atoms with Crippen LogP contribution in [-0.2, 0) is 4.79 Å². The maximum Gasteiger partial charge on any atom is 0.315 e. The minimum Gasteiger partial charge on any atom is -0.481 e. The van der Waals surface area contributed by atoms with Gasteiger partial charge in [-0.25, -0.2) is 4.79 Å². The highest BCUT2D eigenvalue weighted by Gasteiger charge is 2.30. The highest BCUT2D eigenvalue weighted by atomic mass is 16.4. The minimum atomic E-state index is -0.758. The fourth-order valence-electron chi connectivity index (χ4n) is 1.89. The topological polar surface area (TPSA) is 78.4 Å². The van der Waals surface area contributed by atoms with E-state index in [0.29, 0.717) is 12.8 Å². The van der Waals surface area contributed by atoms with Gasteiger partial charge < -0.3 is 15.7 Å². The third kappa shape index (κ3) is 3.72. The van der Waals surface area contributed by atoms with E-state index in [1.165, 1.54) is 0 Å². The van der Waals surface area contributed by atoms with Crippen LogP contribution in [0.5, 0.6) is 0 Å². The SMILES string of the molecule is CCC(C)NC(=O)NC1CCC(C(=O)O)C1. The monoisotopic (exact) mass is 228 g/mol. The van der Waals surface area contributed by atoms with Gasteiger partial charge in [-0.3, -0.25) is 4.79 Å². The molecule has 92 valence electrons. The summed E-state index contributed by atoms with van der Waals surface area (Å²) in [5.41, 5.74) is 0. The van der Waals surface area contributed by atoms with Gasteiger partial charge in [0.15, 0.2) is 0 Å². The maximum atomic E-state index is 11.5. The second kappa shape index (κ2) is 5.72. The van der Waals surface area contributed by atoms with Crippen LogP contribution in [0.15, 0.2) is 0 Å². The van der Waals surface area contributed by atoms with Gasteiger partial charge in [0, 0.05) is 12.1 Å². The zero-order chi connectivity index (χ0) is 12.1. The third-order valence-electron chi connectivity index (χ3n) is 3.11. The molecule has 5 nitrogen and oxygen atoms in total. The Balaban J connectivity index is 2.28. The van der Waals surface area contributed by atoms with Gasteiger partial charge in [-0.05, 0) is 32.6 Å². The first-order valence-electron chi connectivity index (χ1n) is 5.82. The maximum absolute atomic E-state index is 11.5. The molecule has 3 atom stereocenters. The van der Waals surface area contributed by atoms with E-state index in [2.05, 4.69) is 10.6 Å². The first-order chi connectivity index (χ1) is 7.52. The number of hydrogen-bond donors (Lipinski definition) is 3. The zero-order valence-corrected chi connectivity index (χ0v) is 9.82. The second-order valence-corrected chi connectivity index (χ2v) is 4.47. The van der Waals surface area contributed by atoms with Crippen LogP contribution >= 0.6 is 0 Å². The standard InChI is InChI=1S/C11H20N2O3/c1-3-7(2)12-11(16)13-9-5-4-8(6-9)10(14)15/h7-9H,3-6H2,1-2H3,(H,14,15)(H2,12,13,16). The van der Waals surface area contributed by atoms with Crippen LogP contribution in [0.4, 0.5) is 4.79 Å². The van der Waals surface area contributed by atoms with Crippen LogP contribution in [-0.4, -0.2) is 29.2 Å². The number of carboxylic acids is 1. The lowest BCUT2D eigenvalue weighted by Gasteiger charge is -2.16. The van der Waals surface area contributed by atoms with Crippen molar-refractivity contribution < 1.29 is 14.7 Å². The molecule has 1 aliphatic carbocycles. The molecule has 0 aromatic heterocycles. The number of carbonyl (C=O) groups excluding carboxylic acids is 1. The Hall–Kier alpha value is -1.26. The largest absolute Gasteiger partial charge is 0.481 e. The fraction of sp³-hybridized carbons (Fsp3) is 0.818. The van der Waals surface area contributed by atoms with Crippen LogP contribution in [0, 0.1) is 5.92 Å². The molecule has 0 heterocycles. The van der Waals surface area contributed by atoms with Crippen molar-refractivity contribution in [3.8, 4) is 0 Å². The molecule has 3 N–H and O–H groups in total. The van der Waals surface area contributed by atoms with Gasteiger partial charge in [0.25, 0.3) is 0 Å². The summed E-state index contributed by atoms with van der Waals surface area (Å²) in [6.45, 7) is 3.94. The normalized spacial score (nSPS) is 26.1. The van der Waals surface area contributed by atoms with Gasteiger partial charge in [-0.1, -0.05) is 6.92 Å². The van der Waals surface area contributed by atoms with Gasteiger partial charge in [0.2, 0.25) is 0 Å². The summed E-state index contributed by atoms with van der Waals surface area (Å²) < 4.78 is 0. The lowest BCUT2D eigenvalue weighted by atomic mass is 10.1. The van der Waals surface area contributed by atoms with Crippen LogP contribution in [0.3, 0.4) is 0 Å². The molecule has 5 heteroatoms. The van der Waals surface area contributed by atoms with Gasteiger partial charge in [0.05, 0.1) is 5.92 Å². The summed E-state index contributed by atoms with van der Waals surface area (Å²) in [5, 5.41) is 14.4. The first kappa shape index (κ1) is 12.8. The van der Waals surface area contributed by atoms with Crippen LogP contribution in [0.25, 0.3) is 0 Å². The Labute approximate surface area is 95.6 Å². The van der Waals surface area contributed by atoms with E-state index < -0.39 is 5.97 Å². The number of carboxylic acid groups (broad SMARTS) is 1. The molecule has 1 saturated carbocycles. The van der Waals surface area contributed by atoms with E-state index in [4.69, 9.17) is 5.11 Å². The quantitative estimate of drug-likeness (QED) is 0.679. The Morgan fingerprint density at radius 3 is 2.62 bits per heavy atom. The molecule has 0 saturated heterocycles. The molecular weight excluding hydrogens is 208 g/mol. The molecular formula is C11H20N2O3. The molecule has 1 fully saturated rings. The fourth-order valence-corrected chi connectivity index (χ4v) is 1.89. The average Bonchev–Trinajstić information content (AvgIpc) is 2.65. The van der Waals surface area contributed by atoms with E-state index in [0.717, 1.165) is 12.8 Å². The number of urea groups is 1. The van der Waals surface area contributed by atoms with Crippen molar-refractivity contribution in [1.29, 1.82) is 0 Å². The molecule has 0 spiro atoms. The van der Waals surface area contributed by atoms with Crippen LogP contribution in [0.1, 0.15) is 39.5 Å². The predicted octanol–water partition coefficient (Wildman–Crippen LogP) is 1.34. The molecule has 0 aliphatic heterocycles. The molecule has 3 unspecified atom stereocenters. The van der Waals surface area contributed by atoms with Crippen molar-refractivity contribution in [3.63, 3.8) is 0 Å². The van der Waals surface area contributed by atoms with E-state index in [9.17, 15) is 9.59 Å². The van der Waals surface area contributed by atoms with Crippen molar-refractivity contribution in [2.24, 2.45) is 5.92 Å². The van der Waals surface area contributed by atoms with Crippen LogP contribution < -0.4 is 10.6 Å². The van der Waals surface area contributed by atoms with Gasteiger partial charge >= 0.3 is 12.0 Å². The molecule has 1 rings (SSSR count). The van der Waals surface area contributed by atoms with Crippen molar-refractivity contribution in [3.05, 3.63) is 0 Å². The van der Waals surface area contributed by atoms with Gasteiger partial charge in [0.1, 0.15) is 0 Å². The molecule has 0 bridgehead atoms. The lowest BCUT2D eigenvalue weighted by Crippen LogP contribution is -2.44. The number of carbonyl (C=O) groups is 2. The van der Waals surface area contributed by atoms with Crippen molar-refractivity contribution >= 4 is 12.0 Å². The van der Waals surface area contributed by atoms with E-state index >= 15 is 0 Å². The number of nitrogens with one attached hydrogen (secondary N) is 2. The number of hydrogen-bond acceptors (Lipinski definition) is 2. The summed E-state index contributed by atoms with van der Waals surface area (Å²) >= 11 is 0. The summed E-state index contributed by atoms with van der Waals surface area (Å²) in [4.78, 5) is 22.2. The van der Waals surface area contributed by atoms with E-state index in [1.807, 2.05) is 13.8 Å². The number of amides is 2. The van der Waals surface area contributed by atoms with Crippen molar-refractivity contribution in [2.45, 2.75) is 51.6 Å². The molecule has 0 radical (unpaired) electrons. The van der Waals surface area contributed by atoms with E-state index in [-0.39, 0.29) is 24.0 Å². The van der Waals surface area contributed by atoms with Gasteiger partial charge in [-0.15, -0.1) is 0 Å². The minimum absolute atomic E-state index is 0.00477. The Bertz CT molecular complexity index is 268. The highest BCUT2D eigenvalue weighted by molar-refractivity contribution is 5.75. The summed E-state index contributed by atoms with van der Waals surface area (Å²) in [6.07, 6.45) is 2.84. The average molecular weight is 228 g/mol. The first-order valence-corrected chi connectivity index (χ1v) is 5.82. The predicted molar refractivity (Wildman–Crippen MR) is 60.2 cm³/mol. The molecule has 1 aliphatic rings. The van der Waals surface area contributed by atoms with Crippen molar-refractivity contribution in [1.82, 2.24) is 10.6 Å². The molecule has 0 aromatic rings. The lowest BCUT2D eigenvalue weighted by molar-refractivity contribution is -0.141. The van der Waals surface area contributed by atoms with Crippen LogP contribution in [0.2, 0.25) is 0 Å². The number of rotatable bonds is 4. The Morgan fingerprint density at radius 1 is 1.44 bits per heavy atom. The Morgan fingerprint density at radius 2 is 2.12 bits per heavy atom. The molecule has 0 aromatic carbocycles. The highest BCUT2D eigenvalue weighted by Crippen LogP contribution is 2.25. The smallest absolute Gasteiger partial charge is 0.315 e. The van der Waals surface area contributed by atoms with Gasteiger partial charge in [-0.2, -0.15) is 0 Å². The summed E-state index contributed by atoms with van der Waals surface area (Å²) in [6, 6.07) is -0.0350. The van der Waals surface area contributed by atoms with E-state index in [1.54, 1.807) is 0 Å². The summed E-state index contributed by atoms with van der Waals surface area (Å²) in [7, 11) is 0. The molecule has 16 heavy (non-hydrogen) atoms.